The number of methoxy groups -OCH3 is 3. The van der Waals surface area contributed by atoms with Crippen molar-refractivity contribution in [1.82, 2.24) is 0 Å². The van der Waals surface area contributed by atoms with Crippen molar-refractivity contribution in [2.45, 2.75) is 32.7 Å². The highest BCUT2D eigenvalue weighted by atomic mass is 16.5. The summed E-state index contributed by atoms with van der Waals surface area (Å²) < 4.78 is 16.1. The lowest BCUT2D eigenvalue weighted by atomic mass is 9.96. The van der Waals surface area contributed by atoms with Gasteiger partial charge in [-0.3, -0.25) is 0 Å². The van der Waals surface area contributed by atoms with Crippen LogP contribution in [-0.2, 0) is 0 Å². The zero-order valence-corrected chi connectivity index (χ0v) is 12.5. The molecule has 1 rings (SSSR count). The van der Waals surface area contributed by atoms with Crippen LogP contribution in [0.25, 0.3) is 0 Å². The van der Waals surface area contributed by atoms with Gasteiger partial charge in [0.2, 0.25) is 0 Å². The average molecular weight is 267 g/mol. The summed E-state index contributed by atoms with van der Waals surface area (Å²) in [6, 6.07) is 3.58. The minimum atomic E-state index is -0.0989. The van der Waals surface area contributed by atoms with E-state index in [0.717, 1.165) is 18.4 Å². The van der Waals surface area contributed by atoms with E-state index in [2.05, 4.69) is 13.8 Å². The Morgan fingerprint density at radius 3 is 1.84 bits per heavy atom. The Labute approximate surface area is 115 Å². The molecular formula is C15H25NO3. The van der Waals surface area contributed by atoms with Gasteiger partial charge in [-0.2, -0.15) is 0 Å². The average Bonchev–Trinajstić information content (AvgIpc) is 2.42. The van der Waals surface area contributed by atoms with Crippen molar-refractivity contribution in [3.05, 3.63) is 17.7 Å². The largest absolute Gasteiger partial charge is 0.496 e. The van der Waals surface area contributed by atoms with Crippen LogP contribution in [0.2, 0.25) is 0 Å². The van der Waals surface area contributed by atoms with Crippen LogP contribution < -0.4 is 19.9 Å². The molecule has 4 heteroatoms. The molecule has 0 bridgehead atoms. The topological polar surface area (TPSA) is 53.7 Å². The van der Waals surface area contributed by atoms with E-state index >= 15 is 0 Å². The van der Waals surface area contributed by atoms with Crippen LogP contribution in [0.4, 0.5) is 0 Å². The Bertz CT molecular complexity index is 379. The lowest BCUT2D eigenvalue weighted by Crippen LogP contribution is -2.14. The number of hydrogen-bond donors (Lipinski definition) is 1. The number of hydrogen-bond acceptors (Lipinski definition) is 4. The van der Waals surface area contributed by atoms with Gasteiger partial charge in [0, 0.05) is 18.2 Å². The third-order valence-corrected chi connectivity index (χ3v) is 3.18. The number of ether oxygens (including phenoxy) is 3. The van der Waals surface area contributed by atoms with Gasteiger partial charge in [-0.1, -0.05) is 13.8 Å². The Kier molecular flexibility index (Phi) is 5.96. The van der Waals surface area contributed by atoms with Crippen LogP contribution in [0.3, 0.4) is 0 Å². The monoisotopic (exact) mass is 267 g/mol. The quantitative estimate of drug-likeness (QED) is 0.824. The summed E-state index contributed by atoms with van der Waals surface area (Å²) in [6.45, 7) is 4.38. The van der Waals surface area contributed by atoms with Crippen molar-refractivity contribution in [1.29, 1.82) is 0 Å². The van der Waals surface area contributed by atoms with Gasteiger partial charge in [-0.05, 0) is 18.8 Å². The van der Waals surface area contributed by atoms with Gasteiger partial charge in [0.15, 0.2) is 0 Å². The molecule has 108 valence electrons. The number of nitrogens with two attached hydrogens (primary N) is 1. The molecule has 2 N–H and O–H groups in total. The van der Waals surface area contributed by atoms with Gasteiger partial charge in [-0.25, -0.2) is 0 Å². The molecule has 0 saturated heterocycles. The normalized spacial score (nSPS) is 12.4. The lowest BCUT2D eigenvalue weighted by molar-refractivity contribution is 0.360. The molecule has 1 aromatic carbocycles. The molecule has 0 radical (unpaired) electrons. The molecular weight excluding hydrogens is 242 g/mol. The highest BCUT2D eigenvalue weighted by Crippen LogP contribution is 2.39. The molecule has 1 atom stereocenters. The van der Waals surface area contributed by atoms with E-state index in [-0.39, 0.29) is 6.04 Å². The van der Waals surface area contributed by atoms with E-state index in [4.69, 9.17) is 19.9 Å². The highest BCUT2D eigenvalue weighted by Gasteiger charge is 2.19. The van der Waals surface area contributed by atoms with Crippen LogP contribution >= 0.6 is 0 Å². The van der Waals surface area contributed by atoms with Crippen LogP contribution in [0.15, 0.2) is 12.1 Å². The first-order valence-corrected chi connectivity index (χ1v) is 6.59. The Morgan fingerprint density at radius 2 is 1.47 bits per heavy atom. The van der Waals surface area contributed by atoms with Crippen LogP contribution in [0.5, 0.6) is 17.2 Å². The van der Waals surface area contributed by atoms with E-state index in [0.29, 0.717) is 23.2 Å². The maximum atomic E-state index is 6.29. The number of rotatable bonds is 7. The van der Waals surface area contributed by atoms with Crippen LogP contribution in [0, 0.1) is 5.92 Å². The SMILES string of the molecule is COc1cc(OC)c(C(N)CCC(C)C)c(OC)c1. The minimum absolute atomic E-state index is 0.0989. The Hall–Kier alpha value is -1.42. The second-order valence-electron chi connectivity index (χ2n) is 5.02. The predicted molar refractivity (Wildman–Crippen MR) is 77.1 cm³/mol. The Balaban J connectivity index is 3.08. The van der Waals surface area contributed by atoms with Gasteiger partial charge in [0.25, 0.3) is 0 Å². The molecule has 0 aromatic heterocycles. The van der Waals surface area contributed by atoms with Crippen molar-refractivity contribution in [3.8, 4) is 17.2 Å². The molecule has 0 aliphatic rings. The first-order chi connectivity index (χ1) is 9.03. The standard InChI is InChI=1S/C15H25NO3/c1-10(2)6-7-12(16)15-13(18-4)8-11(17-3)9-14(15)19-5/h8-10,12H,6-7,16H2,1-5H3. The second-order valence-corrected chi connectivity index (χ2v) is 5.02. The van der Waals surface area contributed by atoms with Gasteiger partial charge in [-0.15, -0.1) is 0 Å². The zero-order chi connectivity index (χ0) is 14.4. The molecule has 0 aliphatic carbocycles. The Morgan fingerprint density at radius 1 is 0.947 bits per heavy atom. The zero-order valence-electron chi connectivity index (χ0n) is 12.5. The maximum Gasteiger partial charge on any atom is 0.131 e. The van der Waals surface area contributed by atoms with Gasteiger partial charge in [0.05, 0.1) is 26.9 Å². The molecule has 0 aliphatic heterocycles. The predicted octanol–water partition coefficient (Wildman–Crippen LogP) is 3.15. The van der Waals surface area contributed by atoms with Gasteiger partial charge >= 0.3 is 0 Å². The molecule has 19 heavy (non-hydrogen) atoms. The van der Waals surface area contributed by atoms with E-state index in [9.17, 15) is 0 Å². The molecule has 1 unspecified atom stereocenters. The molecule has 1 aromatic rings. The smallest absolute Gasteiger partial charge is 0.131 e. The lowest BCUT2D eigenvalue weighted by Gasteiger charge is -2.20. The second kappa shape index (κ2) is 7.24. The number of benzene rings is 1. The summed E-state index contributed by atoms with van der Waals surface area (Å²) in [5, 5.41) is 0. The molecule has 0 saturated carbocycles. The molecule has 4 nitrogen and oxygen atoms in total. The summed E-state index contributed by atoms with van der Waals surface area (Å²) in [4.78, 5) is 0. The first kappa shape index (κ1) is 15.6. The van der Waals surface area contributed by atoms with Crippen molar-refractivity contribution in [2.24, 2.45) is 11.7 Å². The van der Waals surface area contributed by atoms with E-state index < -0.39 is 0 Å². The molecule has 0 fully saturated rings. The highest BCUT2D eigenvalue weighted by molar-refractivity contribution is 5.52. The van der Waals surface area contributed by atoms with E-state index in [1.54, 1.807) is 21.3 Å². The summed E-state index contributed by atoms with van der Waals surface area (Å²) in [7, 11) is 4.88. The fourth-order valence-electron chi connectivity index (χ4n) is 2.06. The third-order valence-electron chi connectivity index (χ3n) is 3.18. The first-order valence-electron chi connectivity index (χ1n) is 6.59. The minimum Gasteiger partial charge on any atom is -0.496 e. The van der Waals surface area contributed by atoms with Gasteiger partial charge < -0.3 is 19.9 Å². The summed E-state index contributed by atoms with van der Waals surface area (Å²) in [6.07, 6.45) is 1.97. The van der Waals surface area contributed by atoms with Crippen molar-refractivity contribution in [3.63, 3.8) is 0 Å². The molecule has 0 heterocycles. The molecule has 0 amide bonds. The fourth-order valence-corrected chi connectivity index (χ4v) is 2.06. The third kappa shape index (κ3) is 4.03. The maximum absolute atomic E-state index is 6.29. The van der Waals surface area contributed by atoms with Crippen molar-refractivity contribution in [2.75, 3.05) is 21.3 Å². The van der Waals surface area contributed by atoms with Crippen molar-refractivity contribution >= 4 is 0 Å². The van der Waals surface area contributed by atoms with E-state index in [1.165, 1.54) is 0 Å². The van der Waals surface area contributed by atoms with Crippen LogP contribution in [0.1, 0.15) is 38.3 Å². The van der Waals surface area contributed by atoms with Crippen molar-refractivity contribution < 1.29 is 14.2 Å². The van der Waals surface area contributed by atoms with E-state index in [1.807, 2.05) is 12.1 Å². The van der Waals surface area contributed by atoms with Gasteiger partial charge in [0.1, 0.15) is 17.2 Å². The fraction of sp³-hybridized carbons (Fsp3) is 0.600. The summed E-state index contributed by atoms with van der Waals surface area (Å²) >= 11 is 0. The molecule has 0 spiro atoms. The van der Waals surface area contributed by atoms with Crippen LogP contribution in [-0.4, -0.2) is 21.3 Å². The summed E-state index contributed by atoms with van der Waals surface area (Å²) in [5.74, 6) is 2.76. The summed E-state index contributed by atoms with van der Waals surface area (Å²) in [5.41, 5.74) is 7.20.